The van der Waals surface area contributed by atoms with Gasteiger partial charge in [0.1, 0.15) is 0 Å². The first kappa shape index (κ1) is 8.30. The molecular formula is C11H12NO. The molecule has 1 amide bonds. The molecule has 1 fully saturated rings. The number of rotatable bonds is 1. The summed E-state index contributed by atoms with van der Waals surface area (Å²) in [4.78, 5) is 13.3. The minimum atomic E-state index is 0.230. The second-order valence-electron chi connectivity index (χ2n) is 3.25. The van der Waals surface area contributed by atoms with Crippen molar-refractivity contribution in [2.45, 2.75) is 19.3 Å². The van der Waals surface area contributed by atoms with Crippen molar-refractivity contribution >= 4 is 11.6 Å². The molecule has 0 unspecified atom stereocenters. The van der Waals surface area contributed by atoms with Gasteiger partial charge in [0.2, 0.25) is 5.91 Å². The molecule has 0 N–H and O–H groups in total. The van der Waals surface area contributed by atoms with E-state index in [1.807, 2.05) is 29.2 Å². The minimum Gasteiger partial charge on any atom is -0.312 e. The van der Waals surface area contributed by atoms with Crippen molar-refractivity contribution in [1.82, 2.24) is 0 Å². The predicted octanol–water partition coefficient (Wildman–Crippen LogP) is 2.00. The Balaban J connectivity index is 2.20. The summed E-state index contributed by atoms with van der Waals surface area (Å²) in [5.41, 5.74) is 0.909. The average Bonchev–Trinajstić information content (AvgIpc) is 2.20. The van der Waals surface area contributed by atoms with E-state index in [0.29, 0.717) is 6.42 Å². The summed E-state index contributed by atoms with van der Waals surface area (Å²) in [6.45, 7) is 0.847. The molecule has 0 aliphatic carbocycles. The maximum absolute atomic E-state index is 11.5. The molecule has 2 rings (SSSR count). The third-order valence-corrected chi connectivity index (χ3v) is 2.31. The molecule has 1 radical (unpaired) electrons. The van der Waals surface area contributed by atoms with Gasteiger partial charge in [0.15, 0.2) is 0 Å². The first-order valence-corrected chi connectivity index (χ1v) is 4.65. The van der Waals surface area contributed by atoms with Crippen LogP contribution in [0.5, 0.6) is 0 Å². The van der Waals surface area contributed by atoms with Gasteiger partial charge in [-0.25, -0.2) is 0 Å². The molecule has 0 bridgehead atoms. The highest BCUT2D eigenvalue weighted by Gasteiger charge is 2.18. The van der Waals surface area contributed by atoms with Gasteiger partial charge in [-0.2, -0.15) is 0 Å². The van der Waals surface area contributed by atoms with E-state index in [1.54, 1.807) is 0 Å². The molecule has 0 spiro atoms. The smallest absolute Gasteiger partial charge is 0.226 e. The Morgan fingerprint density at radius 1 is 1.31 bits per heavy atom. The van der Waals surface area contributed by atoms with Crippen LogP contribution in [0.15, 0.2) is 24.3 Å². The molecule has 1 aromatic carbocycles. The van der Waals surface area contributed by atoms with E-state index in [0.717, 1.165) is 25.1 Å². The van der Waals surface area contributed by atoms with Crippen molar-refractivity contribution in [3.8, 4) is 0 Å². The van der Waals surface area contributed by atoms with Crippen LogP contribution in [0.3, 0.4) is 0 Å². The first-order chi connectivity index (χ1) is 6.38. The zero-order chi connectivity index (χ0) is 9.10. The molecule has 13 heavy (non-hydrogen) atoms. The highest BCUT2D eigenvalue weighted by Crippen LogP contribution is 2.19. The number of benzene rings is 1. The summed E-state index contributed by atoms with van der Waals surface area (Å²) in [6, 6.07) is 10.7. The van der Waals surface area contributed by atoms with Gasteiger partial charge >= 0.3 is 0 Å². The number of carbonyl (C=O) groups is 1. The maximum atomic E-state index is 11.5. The number of piperidine rings is 1. The molecule has 0 saturated carbocycles. The lowest BCUT2D eigenvalue weighted by atomic mass is 10.1. The van der Waals surface area contributed by atoms with Crippen LogP contribution in [0.25, 0.3) is 0 Å². The van der Waals surface area contributed by atoms with E-state index in [4.69, 9.17) is 0 Å². The summed E-state index contributed by atoms with van der Waals surface area (Å²) in [6.07, 6.45) is 2.82. The van der Waals surface area contributed by atoms with Crippen LogP contribution in [0.2, 0.25) is 0 Å². The summed E-state index contributed by atoms with van der Waals surface area (Å²) >= 11 is 0. The summed E-state index contributed by atoms with van der Waals surface area (Å²) in [5, 5.41) is 0. The van der Waals surface area contributed by atoms with Gasteiger partial charge in [0.25, 0.3) is 0 Å². The van der Waals surface area contributed by atoms with Crippen LogP contribution in [0.4, 0.5) is 5.69 Å². The van der Waals surface area contributed by atoms with Gasteiger partial charge in [0, 0.05) is 19.0 Å². The predicted molar refractivity (Wildman–Crippen MR) is 51.5 cm³/mol. The van der Waals surface area contributed by atoms with Crippen molar-refractivity contribution in [3.63, 3.8) is 0 Å². The van der Waals surface area contributed by atoms with E-state index in [-0.39, 0.29) is 5.91 Å². The molecule has 1 aliphatic heterocycles. The third-order valence-electron chi connectivity index (χ3n) is 2.31. The molecule has 2 nitrogen and oxygen atoms in total. The lowest BCUT2D eigenvalue weighted by molar-refractivity contribution is -0.119. The number of nitrogens with zero attached hydrogens (tertiary/aromatic N) is 1. The Kier molecular flexibility index (Phi) is 2.30. The Morgan fingerprint density at radius 3 is 2.92 bits per heavy atom. The van der Waals surface area contributed by atoms with Crippen molar-refractivity contribution in [2.24, 2.45) is 0 Å². The Hall–Kier alpha value is -1.31. The normalized spacial score (nSPS) is 17.5. The van der Waals surface area contributed by atoms with E-state index in [9.17, 15) is 4.79 Å². The Morgan fingerprint density at radius 2 is 2.23 bits per heavy atom. The topological polar surface area (TPSA) is 20.3 Å². The van der Waals surface area contributed by atoms with Gasteiger partial charge in [-0.1, -0.05) is 18.2 Å². The van der Waals surface area contributed by atoms with Crippen molar-refractivity contribution in [1.29, 1.82) is 0 Å². The molecule has 1 heterocycles. The maximum Gasteiger partial charge on any atom is 0.226 e. The number of amides is 1. The van der Waals surface area contributed by atoms with Gasteiger partial charge < -0.3 is 4.90 Å². The number of anilines is 1. The number of para-hydroxylation sites is 1. The quantitative estimate of drug-likeness (QED) is 0.637. The molecule has 1 aromatic rings. The highest BCUT2D eigenvalue weighted by molar-refractivity contribution is 5.93. The molecular weight excluding hydrogens is 162 g/mol. The third kappa shape index (κ3) is 1.72. The Labute approximate surface area is 78.2 Å². The van der Waals surface area contributed by atoms with E-state index in [1.165, 1.54) is 0 Å². The number of hydrogen-bond donors (Lipinski definition) is 0. The second kappa shape index (κ2) is 3.60. The number of hydrogen-bond acceptors (Lipinski definition) is 1. The summed E-state index contributed by atoms with van der Waals surface area (Å²) in [5.74, 6) is 0.230. The fourth-order valence-electron chi connectivity index (χ4n) is 1.61. The molecule has 1 saturated heterocycles. The van der Waals surface area contributed by atoms with Crippen LogP contribution >= 0.6 is 0 Å². The van der Waals surface area contributed by atoms with Crippen LogP contribution in [0.1, 0.15) is 19.3 Å². The molecule has 0 aromatic heterocycles. The monoisotopic (exact) mass is 174 g/mol. The molecule has 67 valence electrons. The van der Waals surface area contributed by atoms with Gasteiger partial charge in [-0.3, -0.25) is 4.79 Å². The molecule has 2 heteroatoms. The van der Waals surface area contributed by atoms with E-state index >= 15 is 0 Å². The SMILES string of the molecule is O=C1CCCCN1c1[c]cccc1. The Bertz CT molecular complexity index is 294. The summed E-state index contributed by atoms with van der Waals surface area (Å²) < 4.78 is 0. The first-order valence-electron chi connectivity index (χ1n) is 4.65. The largest absolute Gasteiger partial charge is 0.312 e. The van der Waals surface area contributed by atoms with Gasteiger partial charge in [-0.05, 0) is 18.9 Å². The average molecular weight is 174 g/mol. The van der Waals surface area contributed by atoms with E-state index < -0.39 is 0 Å². The standard InChI is InChI=1S/C11H12NO/c13-11-8-4-5-9-12(11)10-6-2-1-3-7-10/h1-3,6H,4-5,8-9H2. The summed E-state index contributed by atoms with van der Waals surface area (Å²) in [7, 11) is 0. The van der Waals surface area contributed by atoms with Gasteiger partial charge in [-0.15, -0.1) is 0 Å². The van der Waals surface area contributed by atoms with Gasteiger partial charge in [0.05, 0.1) is 5.69 Å². The van der Waals surface area contributed by atoms with Crippen molar-refractivity contribution in [2.75, 3.05) is 11.4 Å². The number of carbonyl (C=O) groups excluding carboxylic acids is 1. The fourth-order valence-corrected chi connectivity index (χ4v) is 1.61. The van der Waals surface area contributed by atoms with Crippen LogP contribution in [0, 0.1) is 6.07 Å². The fraction of sp³-hybridized carbons (Fsp3) is 0.364. The zero-order valence-corrected chi connectivity index (χ0v) is 7.49. The molecule has 0 atom stereocenters. The van der Waals surface area contributed by atoms with Crippen LogP contribution in [-0.4, -0.2) is 12.5 Å². The lowest BCUT2D eigenvalue weighted by Gasteiger charge is -2.26. The van der Waals surface area contributed by atoms with E-state index in [2.05, 4.69) is 6.07 Å². The highest BCUT2D eigenvalue weighted by atomic mass is 16.2. The van der Waals surface area contributed by atoms with Crippen molar-refractivity contribution in [3.05, 3.63) is 30.3 Å². The zero-order valence-electron chi connectivity index (χ0n) is 7.49. The lowest BCUT2D eigenvalue weighted by Crippen LogP contribution is -2.35. The van der Waals surface area contributed by atoms with Crippen LogP contribution < -0.4 is 4.90 Å². The van der Waals surface area contributed by atoms with Crippen molar-refractivity contribution < 1.29 is 4.79 Å². The van der Waals surface area contributed by atoms with Crippen LogP contribution in [-0.2, 0) is 4.79 Å². The minimum absolute atomic E-state index is 0.230. The molecule has 1 aliphatic rings. The second-order valence-corrected chi connectivity index (χ2v) is 3.25.